The van der Waals surface area contributed by atoms with E-state index in [1.807, 2.05) is 12.1 Å². The molecule has 0 radical (unpaired) electrons. The first-order valence-corrected chi connectivity index (χ1v) is 15.0. The molecule has 0 amide bonds. The van der Waals surface area contributed by atoms with E-state index < -0.39 is 18.4 Å². The van der Waals surface area contributed by atoms with Gasteiger partial charge >= 0.3 is 94.7 Å². The molecule has 0 fully saturated rings. The van der Waals surface area contributed by atoms with E-state index in [4.69, 9.17) is 11.6 Å². The fourth-order valence-corrected chi connectivity index (χ4v) is 4.93. The summed E-state index contributed by atoms with van der Waals surface area (Å²) in [6, 6.07) is 8.28. The SMILES string of the molecule is [CH3][Sn]([CH3])([CH3])[c]1cccc(CC(=O)Cl)c1. The standard InChI is InChI=1S/C8H6ClO.3CH3.Sn/c9-8(10)6-7-4-2-1-3-5-7;;;;/h1-2,4-5H,6H2;3*1H3;. The maximum absolute atomic E-state index is 10.8. The van der Waals surface area contributed by atoms with Crippen LogP contribution in [0.1, 0.15) is 5.56 Å². The van der Waals surface area contributed by atoms with Gasteiger partial charge in [0.25, 0.3) is 0 Å². The van der Waals surface area contributed by atoms with E-state index in [0.29, 0.717) is 6.42 Å². The topological polar surface area (TPSA) is 17.1 Å². The Morgan fingerprint density at radius 2 is 2.00 bits per heavy atom. The second kappa shape index (κ2) is 4.67. The van der Waals surface area contributed by atoms with E-state index in [2.05, 4.69) is 27.0 Å². The van der Waals surface area contributed by atoms with Gasteiger partial charge in [-0.1, -0.05) is 0 Å². The van der Waals surface area contributed by atoms with E-state index in [9.17, 15) is 4.79 Å². The Balaban J connectivity index is 2.95. The number of carbonyl (C=O) groups is 1. The van der Waals surface area contributed by atoms with Crippen molar-refractivity contribution < 1.29 is 4.79 Å². The van der Waals surface area contributed by atoms with Crippen molar-refractivity contribution in [1.29, 1.82) is 0 Å². The van der Waals surface area contributed by atoms with Crippen LogP contribution in [0.4, 0.5) is 0 Å². The molecule has 1 rings (SSSR count). The predicted molar refractivity (Wildman–Crippen MR) is 64.0 cm³/mol. The average molecular weight is 317 g/mol. The molecule has 0 saturated heterocycles. The van der Waals surface area contributed by atoms with Gasteiger partial charge in [0.2, 0.25) is 0 Å². The molecule has 0 atom stereocenters. The minimum atomic E-state index is -1.98. The quantitative estimate of drug-likeness (QED) is 0.618. The van der Waals surface area contributed by atoms with Crippen molar-refractivity contribution in [3.8, 4) is 0 Å². The molecule has 1 nitrogen and oxygen atoms in total. The molecule has 0 N–H and O–H groups in total. The van der Waals surface area contributed by atoms with Crippen molar-refractivity contribution in [1.82, 2.24) is 0 Å². The molecule has 0 saturated carbocycles. The molecule has 0 aliphatic heterocycles. The molecule has 0 bridgehead atoms. The van der Waals surface area contributed by atoms with Gasteiger partial charge in [-0.15, -0.1) is 0 Å². The van der Waals surface area contributed by atoms with Crippen molar-refractivity contribution in [2.24, 2.45) is 0 Å². The third-order valence-electron chi connectivity index (χ3n) is 2.14. The first kappa shape index (κ1) is 12.1. The van der Waals surface area contributed by atoms with E-state index >= 15 is 0 Å². The molecule has 1 aromatic rings. The Morgan fingerprint density at radius 3 is 2.50 bits per heavy atom. The Hall–Kier alpha value is -0.0213. The van der Waals surface area contributed by atoms with Crippen LogP contribution < -0.4 is 3.58 Å². The number of hydrogen-bond acceptors (Lipinski definition) is 1. The van der Waals surface area contributed by atoms with E-state index in [1.165, 1.54) is 3.58 Å². The summed E-state index contributed by atoms with van der Waals surface area (Å²) in [5, 5.41) is -0.286. The summed E-state index contributed by atoms with van der Waals surface area (Å²) in [6.07, 6.45) is 0.345. The van der Waals surface area contributed by atoms with Gasteiger partial charge in [-0.05, 0) is 0 Å². The summed E-state index contributed by atoms with van der Waals surface area (Å²) >= 11 is 3.38. The van der Waals surface area contributed by atoms with Crippen LogP contribution in [-0.4, -0.2) is 23.6 Å². The van der Waals surface area contributed by atoms with Gasteiger partial charge in [-0.3, -0.25) is 0 Å². The van der Waals surface area contributed by atoms with Gasteiger partial charge in [0.1, 0.15) is 0 Å². The van der Waals surface area contributed by atoms with Crippen LogP contribution in [0.3, 0.4) is 0 Å². The molecule has 0 spiro atoms. The molecule has 0 aliphatic carbocycles. The third-order valence-corrected chi connectivity index (χ3v) is 8.10. The minimum absolute atomic E-state index is 0.286. The van der Waals surface area contributed by atoms with Gasteiger partial charge < -0.3 is 0 Å². The number of rotatable bonds is 3. The maximum atomic E-state index is 10.8. The van der Waals surface area contributed by atoms with Crippen molar-refractivity contribution >= 4 is 38.8 Å². The summed E-state index contributed by atoms with van der Waals surface area (Å²) in [6.45, 7) is 0. The van der Waals surface area contributed by atoms with Crippen LogP contribution in [0, 0.1) is 0 Å². The molecule has 14 heavy (non-hydrogen) atoms. The van der Waals surface area contributed by atoms with Crippen LogP contribution in [0.5, 0.6) is 0 Å². The molecule has 1 aromatic carbocycles. The fraction of sp³-hybridized carbons (Fsp3) is 0.364. The molecule has 76 valence electrons. The molecular formula is C11H15ClOSn. The van der Waals surface area contributed by atoms with Crippen molar-refractivity contribution in [2.45, 2.75) is 21.2 Å². The number of carbonyl (C=O) groups excluding carboxylic acids is 1. The Labute approximate surface area is 94.3 Å². The van der Waals surface area contributed by atoms with Crippen LogP contribution >= 0.6 is 11.6 Å². The normalized spacial score (nSPS) is 11.4. The zero-order valence-corrected chi connectivity index (χ0v) is 12.4. The van der Waals surface area contributed by atoms with Gasteiger partial charge in [-0.2, -0.15) is 0 Å². The third kappa shape index (κ3) is 3.62. The summed E-state index contributed by atoms with van der Waals surface area (Å²) in [7, 11) is 0. The van der Waals surface area contributed by atoms with Crippen LogP contribution in [0.2, 0.25) is 14.8 Å². The monoisotopic (exact) mass is 318 g/mol. The Kier molecular flexibility index (Phi) is 4.02. The van der Waals surface area contributed by atoms with Crippen LogP contribution in [0.15, 0.2) is 24.3 Å². The zero-order chi connectivity index (χ0) is 10.8. The van der Waals surface area contributed by atoms with Crippen LogP contribution in [-0.2, 0) is 11.2 Å². The second-order valence-corrected chi connectivity index (χ2v) is 19.4. The van der Waals surface area contributed by atoms with Crippen molar-refractivity contribution in [3.63, 3.8) is 0 Å². The van der Waals surface area contributed by atoms with Gasteiger partial charge in [0.05, 0.1) is 0 Å². The van der Waals surface area contributed by atoms with Gasteiger partial charge in [-0.25, -0.2) is 0 Å². The molecule has 0 aliphatic rings. The van der Waals surface area contributed by atoms with Gasteiger partial charge in [0.15, 0.2) is 0 Å². The van der Waals surface area contributed by atoms with Crippen molar-refractivity contribution in [2.75, 3.05) is 0 Å². The number of benzene rings is 1. The molecular weight excluding hydrogens is 302 g/mol. The zero-order valence-electron chi connectivity index (χ0n) is 8.80. The number of halogens is 1. The van der Waals surface area contributed by atoms with Crippen LogP contribution in [0.25, 0.3) is 0 Å². The average Bonchev–Trinajstić information content (AvgIpc) is 2.01. The summed E-state index contributed by atoms with van der Waals surface area (Å²) in [5.41, 5.74) is 1.04. The number of hydrogen-bond donors (Lipinski definition) is 0. The Bertz CT molecular complexity index is 341. The molecule has 0 aromatic heterocycles. The Morgan fingerprint density at radius 1 is 1.36 bits per heavy atom. The van der Waals surface area contributed by atoms with E-state index in [-0.39, 0.29) is 5.24 Å². The predicted octanol–water partition coefficient (Wildman–Crippen LogP) is 2.54. The second-order valence-electron chi connectivity index (χ2n) is 4.48. The molecule has 0 unspecified atom stereocenters. The summed E-state index contributed by atoms with van der Waals surface area (Å²) in [4.78, 5) is 17.8. The summed E-state index contributed by atoms with van der Waals surface area (Å²) in [5.74, 6) is 0. The first-order chi connectivity index (χ1) is 6.39. The molecule has 0 heterocycles. The van der Waals surface area contributed by atoms with E-state index in [0.717, 1.165) is 5.56 Å². The van der Waals surface area contributed by atoms with Crippen molar-refractivity contribution in [3.05, 3.63) is 29.8 Å². The molecule has 3 heteroatoms. The fourth-order valence-electron chi connectivity index (χ4n) is 1.31. The summed E-state index contributed by atoms with van der Waals surface area (Å²) < 4.78 is 1.44. The van der Waals surface area contributed by atoms with Gasteiger partial charge in [0, 0.05) is 0 Å². The first-order valence-electron chi connectivity index (χ1n) is 4.67. The van der Waals surface area contributed by atoms with E-state index in [1.54, 1.807) is 0 Å².